The van der Waals surface area contributed by atoms with Crippen LogP contribution >= 0.6 is 15.9 Å². The lowest BCUT2D eigenvalue weighted by molar-refractivity contribution is -0.276. The summed E-state index contributed by atoms with van der Waals surface area (Å²) in [6.07, 6.45) is -10.7. The van der Waals surface area contributed by atoms with Crippen LogP contribution in [0.5, 0.6) is 5.75 Å². The fourth-order valence-electron chi connectivity index (χ4n) is 1.22. The van der Waals surface area contributed by atoms with Crippen molar-refractivity contribution in [3.05, 3.63) is 23.0 Å². The molecule has 1 aromatic heterocycles. The zero-order valence-corrected chi connectivity index (χ0v) is 10.7. The maximum atomic E-state index is 12.7. The zero-order valence-electron chi connectivity index (χ0n) is 9.14. The van der Waals surface area contributed by atoms with Crippen molar-refractivity contribution < 1.29 is 41.0 Å². The highest BCUT2D eigenvalue weighted by Gasteiger charge is 2.42. The van der Waals surface area contributed by atoms with E-state index in [0.717, 1.165) is 0 Å². The summed E-state index contributed by atoms with van der Waals surface area (Å²) >= 11 is 2.66. The molecule has 0 aliphatic carbocycles. The molecule has 4 nitrogen and oxygen atoms in total. The van der Waals surface area contributed by atoms with Crippen molar-refractivity contribution in [3.8, 4) is 5.75 Å². The zero-order chi connectivity index (χ0) is 15.7. The molecule has 1 rings (SSSR count). The van der Waals surface area contributed by atoms with Crippen molar-refractivity contribution in [3.63, 3.8) is 0 Å². The highest BCUT2D eigenvalue weighted by Crippen LogP contribution is 2.40. The molecule has 1 aromatic rings. The maximum absolute atomic E-state index is 12.7. The summed E-state index contributed by atoms with van der Waals surface area (Å²) in [6.45, 7) is 0. The molecule has 11 heteroatoms. The number of halogens is 7. The molecule has 0 aliphatic heterocycles. The lowest BCUT2D eigenvalue weighted by Crippen LogP contribution is -2.23. The fraction of sp³-hybridized carbons (Fsp3) is 0.333. The van der Waals surface area contributed by atoms with Crippen LogP contribution < -0.4 is 4.74 Å². The van der Waals surface area contributed by atoms with Crippen LogP contribution in [0.2, 0.25) is 0 Å². The van der Waals surface area contributed by atoms with E-state index in [1.54, 1.807) is 0 Å². The highest BCUT2D eigenvalue weighted by molar-refractivity contribution is 9.08. The molecule has 0 saturated heterocycles. The van der Waals surface area contributed by atoms with Crippen LogP contribution in [0.25, 0.3) is 0 Å². The second kappa shape index (κ2) is 5.46. The normalized spacial score (nSPS) is 12.3. The molecule has 1 heterocycles. The molecule has 0 amide bonds. The molecule has 0 bridgehead atoms. The number of hydrogen-bond acceptors (Lipinski definition) is 3. The third kappa shape index (κ3) is 3.99. The number of pyridine rings is 1. The van der Waals surface area contributed by atoms with Crippen molar-refractivity contribution in [1.29, 1.82) is 0 Å². The molecule has 20 heavy (non-hydrogen) atoms. The molecule has 112 valence electrons. The van der Waals surface area contributed by atoms with E-state index in [0.29, 0.717) is 6.07 Å². The van der Waals surface area contributed by atoms with Gasteiger partial charge in [-0.25, -0.2) is 9.78 Å². The van der Waals surface area contributed by atoms with Crippen LogP contribution in [0.4, 0.5) is 26.3 Å². The first kappa shape index (κ1) is 16.5. The number of nitrogens with zero attached hydrogens (tertiary/aromatic N) is 1. The molecule has 0 unspecified atom stereocenters. The van der Waals surface area contributed by atoms with Gasteiger partial charge in [0, 0.05) is 10.9 Å². The average Bonchev–Trinajstić information content (AvgIpc) is 2.25. The van der Waals surface area contributed by atoms with Gasteiger partial charge in [0.1, 0.15) is 5.69 Å². The van der Waals surface area contributed by atoms with Crippen molar-refractivity contribution in [2.75, 3.05) is 0 Å². The summed E-state index contributed by atoms with van der Waals surface area (Å²) in [5.74, 6) is -3.39. The number of rotatable bonds is 3. The van der Waals surface area contributed by atoms with Gasteiger partial charge >= 0.3 is 18.5 Å². The van der Waals surface area contributed by atoms with E-state index in [1.165, 1.54) is 0 Å². The summed E-state index contributed by atoms with van der Waals surface area (Å²) in [7, 11) is 0. The third-order valence-corrected chi connectivity index (χ3v) is 2.50. The van der Waals surface area contributed by atoms with E-state index in [9.17, 15) is 31.1 Å². The lowest BCUT2D eigenvalue weighted by atomic mass is 10.1. The lowest BCUT2D eigenvalue weighted by Gasteiger charge is -2.17. The van der Waals surface area contributed by atoms with Crippen LogP contribution in [0.3, 0.4) is 0 Å². The minimum atomic E-state index is -5.37. The quantitative estimate of drug-likeness (QED) is 0.655. The number of carboxylic acids is 1. The number of aromatic carboxylic acids is 1. The van der Waals surface area contributed by atoms with Gasteiger partial charge in [-0.3, -0.25) is 0 Å². The highest BCUT2D eigenvalue weighted by atomic mass is 79.9. The first-order valence-corrected chi connectivity index (χ1v) is 5.74. The Balaban J connectivity index is 3.57. The van der Waals surface area contributed by atoms with Crippen molar-refractivity contribution >= 4 is 21.9 Å². The van der Waals surface area contributed by atoms with Crippen molar-refractivity contribution in [2.24, 2.45) is 0 Å². The first-order valence-electron chi connectivity index (χ1n) is 4.62. The Morgan fingerprint density at radius 2 is 1.85 bits per heavy atom. The summed E-state index contributed by atoms with van der Waals surface area (Å²) in [5, 5.41) is 8.13. The molecule has 0 aliphatic rings. The van der Waals surface area contributed by atoms with Gasteiger partial charge in [0.25, 0.3) is 0 Å². The Hall–Kier alpha value is -1.52. The summed E-state index contributed by atoms with van der Waals surface area (Å²) in [6, 6.07) is 0.563. The van der Waals surface area contributed by atoms with Crippen molar-refractivity contribution in [1.82, 2.24) is 4.98 Å². The summed E-state index contributed by atoms with van der Waals surface area (Å²) < 4.78 is 77.7. The monoisotopic (exact) mass is 367 g/mol. The van der Waals surface area contributed by atoms with Crippen LogP contribution in [-0.2, 0) is 11.5 Å². The number of ether oxygens (including phenoxy) is 1. The Morgan fingerprint density at radius 3 is 2.20 bits per heavy atom. The summed E-state index contributed by atoms with van der Waals surface area (Å²) in [5.41, 5.74) is -3.73. The number of hydrogen-bond donors (Lipinski definition) is 1. The fourth-order valence-corrected chi connectivity index (χ4v) is 1.63. The van der Waals surface area contributed by atoms with Crippen LogP contribution in [0.15, 0.2) is 6.07 Å². The second-order valence-electron chi connectivity index (χ2n) is 3.33. The molecular weight excluding hydrogens is 364 g/mol. The van der Waals surface area contributed by atoms with Crippen LogP contribution in [0.1, 0.15) is 21.7 Å². The Kier molecular flexibility index (Phi) is 4.52. The smallest absolute Gasteiger partial charge is 0.477 e. The van der Waals surface area contributed by atoms with E-state index >= 15 is 0 Å². The Bertz CT molecular complexity index is 528. The largest absolute Gasteiger partial charge is 0.573 e. The van der Waals surface area contributed by atoms with Crippen LogP contribution in [0, 0.1) is 0 Å². The number of carbonyl (C=O) groups is 1. The van der Waals surface area contributed by atoms with E-state index in [1.807, 2.05) is 0 Å². The minimum absolute atomic E-state index is 0.482. The van der Waals surface area contributed by atoms with Crippen molar-refractivity contribution in [2.45, 2.75) is 17.9 Å². The van der Waals surface area contributed by atoms with Gasteiger partial charge in [0.2, 0.25) is 0 Å². The second-order valence-corrected chi connectivity index (χ2v) is 3.89. The van der Waals surface area contributed by atoms with E-state index < -0.39 is 46.5 Å². The molecule has 0 spiro atoms. The number of carboxylic acid groups (broad SMARTS) is 1. The van der Waals surface area contributed by atoms with Crippen LogP contribution in [-0.4, -0.2) is 22.4 Å². The van der Waals surface area contributed by atoms with Gasteiger partial charge in [0.15, 0.2) is 11.4 Å². The molecule has 1 N–H and O–H groups in total. The molecule has 0 saturated carbocycles. The van der Waals surface area contributed by atoms with Gasteiger partial charge < -0.3 is 9.84 Å². The average molecular weight is 368 g/mol. The maximum Gasteiger partial charge on any atom is 0.573 e. The predicted molar refractivity (Wildman–Crippen MR) is 55.5 cm³/mol. The third-order valence-electron chi connectivity index (χ3n) is 1.90. The Labute approximate surface area is 115 Å². The van der Waals surface area contributed by atoms with E-state index in [4.69, 9.17) is 5.11 Å². The minimum Gasteiger partial charge on any atom is -0.477 e. The number of alkyl halides is 7. The van der Waals surface area contributed by atoms with Gasteiger partial charge in [0.05, 0.1) is 0 Å². The SMILES string of the molecule is O=C(O)c1cc(CBr)c(OC(F)(F)F)c(C(F)(F)F)n1. The molecule has 0 radical (unpaired) electrons. The molecule has 0 fully saturated rings. The first-order chi connectivity index (χ1) is 8.95. The van der Waals surface area contributed by atoms with E-state index in [2.05, 4.69) is 25.7 Å². The standard InChI is InChI=1S/C9H4BrF6NO3/c10-2-3-1-4(7(18)19)17-6(8(11,12)13)5(3)20-9(14,15)16/h1H,2H2,(H,18,19). The van der Waals surface area contributed by atoms with Gasteiger partial charge in [-0.1, -0.05) is 15.9 Å². The molecular formula is C9H4BrF6NO3. The summed E-state index contributed by atoms with van der Waals surface area (Å²) in [4.78, 5) is 13.3. The molecule has 0 aromatic carbocycles. The van der Waals surface area contributed by atoms with E-state index in [-0.39, 0.29) is 0 Å². The Morgan fingerprint density at radius 1 is 1.30 bits per heavy atom. The van der Waals surface area contributed by atoms with Gasteiger partial charge in [-0.2, -0.15) is 13.2 Å². The number of aromatic nitrogens is 1. The topological polar surface area (TPSA) is 59.4 Å². The van der Waals surface area contributed by atoms with Gasteiger partial charge in [-0.05, 0) is 6.07 Å². The van der Waals surface area contributed by atoms with Gasteiger partial charge in [-0.15, -0.1) is 13.2 Å². The molecule has 0 atom stereocenters. The predicted octanol–water partition coefficient (Wildman–Crippen LogP) is 3.59.